The summed E-state index contributed by atoms with van der Waals surface area (Å²) in [7, 11) is 1.54. The van der Waals surface area contributed by atoms with Crippen LogP contribution >= 0.6 is 0 Å². The van der Waals surface area contributed by atoms with Crippen LogP contribution in [0.5, 0.6) is 17.4 Å². The van der Waals surface area contributed by atoms with Crippen LogP contribution in [0.15, 0.2) is 30.3 Å². The van der Waals surface area contributed by atoms with Gasteiger partial charge in [0.1, 0.15) is 24.2 Å². The third-order valence-corrected chi connectivity index (χ3v) is 4.25. The van der Waals surface area contributed by atoms with Crippen LogP contribution in [0.4, 0.5) is 13.2 Å². The highest BCUT2D eigenvalue weighted by atomic mass is 19.4. The molecule has 6 nitrogen and oxygen atoms in total. The second-order valence-electron chi connectivity index (χ2n) is 6.44. The van der Waals surface area contributed by atoms with Gasteiger partial charge in [-0.2, -0.15) is 13.2 Å². The minimum absolute atomic E-state index is 0.123. The van der Waals surface area contributed by atoms with Crippen LogP contribution in [-0.2, 0) is 9.47 Å². The Morgan fingerprint density at radius 2 is 1.90 bits per heavy atom. The SMILES string of the molecule is COc1cc(OCC2COCCO2)nc(-c2ccc(OCC(F)(F)F)cc2)c1C. The Bertz CT molecular complexity index is 805. The molecule has 0 amide bonds. The first-order valence-corrected chi connectivity index (χ1v) is 9.03. The van der Waals surface area contributed by atoms with Crippen molar-refractivity contribution in [1.29, 1.82) is 0 Å². The normalized spacial score (nSPS) is 17.1. The standard InChI is InChI=1S/C20H22F3NO5/c1-13-17(25-2)9-18(28-11-16-10-26-7-8-27-16)24-19(13)14-3-5-15(6-4-14)29-12-20(21,22)23/h3-6,9,16H,7-8,10-12H2,1-2H3. The third-order valence-electron chi connectivity index (χ3n) is 4.25. The molecule has 2 aromatic rings. The summed E-state index contributed by atoms with van der Waals surface area (Å²) in [6, 6.07) is 7.90. The quantitative estimate of drug-likeness (QED) is 0.688. The van der Waals surface area contributed by atoms with Crippen molar-refractivity contribution in [1.82, 2.24) is 4.98 Å². The van der Waals surface area contributed by atoms with E-state index in [0.717, 1.165) is 5.56 Å². The highest BCUT2D eigenvalue weighted by Crippen LogP contribution is 2.33. The van der Waals surface area contributed by atoms with Gasteiger partial charge >= 0.3 is 6.18 Å². The summed E-state index contributed by atoms with van der Waals surface area (Å²) in [5.74, 6) is 1.06. The molecule has 9 heteroatoms. The molecule has 1 unspecified atom stereocenters. The van der Waals surface area contributed by atoms with Gasteiger partial charge in [0.2, 0.25) is 5.88 Å². The number of methoxy groups -OCH3 is 1. The Labute approximate surface area is 166 Å². The van der Waals surface area contributed by atoms with Gasteiger partial charge in [-0.3, -0.25) is 0 Å². The molecule has 1 atom stereocenters. The average Bonchev–Trinajstić information content (AvgIpc) is 2.72. The molecule has 0 aliphatic carbocycles. The summed E-state index contributed by atoms with van der Waals surface area (Å²) in [6.07, 6.45) is -4.56. The minimum Gasteiger partial charge on any atom is -0.496 e. The van der Waals surface area contributed by atoms with Crippen LogP contribution in [0, 0.1) is 6.92 Å². The van der Waals surface area contributed by atoms with E-state index in [1.54, 1.807) is 25.3 Å². The molecular weight excluding hydrogens is 391 g/mol. The number of nitrogens with zero attached hydrogens (tertiary/aromatic N) is 1. The van der Waals surface area contributed by atoms with Crippen molar-refractivity contribution in [3.05, 3.63) is 35.9 Å². The number of alkyl halides is 3. The fraction of sp³-hybridized carbons (Fsp3) is 0.450. The van der Waals surface area contributed by atoms with Crippen molar-refractivity contribution in [2.45, 2.75) is 19.2 Å². The van der Waals surface area contributed by atoms with Crippen molar-refractivity contribution in [2.75, 3.05) is 40.1 Å². The number of aromatic nitrogens is 1. The molecule has 29 heavy (non-hydrogen) atoms. The molecule has 0 bridgehead atoms. The van der Waals surface area contributed by atoms with Crippen LogP contribution in [0.2, 0.25) is 0 Å². The van der Waals surface area contributed by atoms with E-state index in [1.165, 1.54) is 12.1 Å². The highest BCUT2D eigenvalue weighted by Gasteiger charge is 2.28. The molecule has 1 aliphatic rings. The lowest BCUT2D eigenvalue weighted by molar-refractivity contribution is -0.153. The maximum absolute atomic E-state index is 12.3. The van der Waals surface area contributed by atoms with Crippen LogP contribution in [0.25, 0.3) is 11.3 Å². The van der Waals surface area contributed by atoms with Crippen LogP contribution in [0.1, 0.15) is 5.56 Å². The number of ether oxygens (including phenoxy) is 5. The lowest BCUT2D eigenvalue weighted by Gasteiger charge is -2.23. The number of rotatable bonds is 7. The Morgan fingerprint density at radius 3 is 2.52 bits per heavy atom. The predicted octanol–water partition coefficient (Wildman–Crippen LogP) is 3.80. The molecule has 158 valence electrons. The molecular formula is C20H22F3NO5. The number of hydrogen-bond acceptors (Lipinski definition) is 6. The van der Waals surface area contributed by atoms with Gasteiger partial charge in [0.25, 0.3) is 0 Å². The zero-order valence-corrected chi connectivity index (χ0v) is 16.1. The number of hydrogen-bond donors (Lipinski definition) is 0. The topological polar surface area (TPSA) is 59.0 Å². The van der Waals surface area contributed by atoms with E-state index in [-0.39, 0.29) is 18.5 Å². The van der Waals surface area contributed by atoms with Crippen LogP contribution in [-0.4, -0.2) is 57.4 Å². The zero-order valence-electron chi connectivity index (χ0n) is 16.1. The summed E-state index contributed by atoms with van der Waals surface area (Å²) in [6.45, 7) is 2.33. The number of pyridine rings is 1. The van der Waals surface area contributed by atoms with Gasteiger partial charge in [-0.25, -0.2) is 4.98 Å². The molecule has 1 saturated heterocycles. The number of halogens is 3. The van der Waals surface area contributed by atoms with Crippen molar-refractivity contribution in [3.8, 4) is 28.6 Å². The molecule has 0 N–H and O–H groups in total. The Balaban J connectivity index is 1.76. The fourth-order valence-electron chi connectivity index (χ4n) is 2.82. The maximum Gasteiger partial charge on any atom is 0.422 e. The van der Waals surface area contributed by atoms with Crippen molar-refractivity contribution >= 4 is 0 Å². The van der Waals surface area contributed by atoms with Crippen molar-refractivity contribution < 1.29 is 36.9 Å². The van der Waals surface area contributed by atoms with Gasteiger partial charge in [0.15, 0.2) is 6.61 Å². The largest absolute Gasteiger partial charge is 0.496 e. The Morgan fingerprint density at radius 1 is 1.14 bits per heavy atom. The van der Waals surface area contributed by atoms with E-state index in [1.807, 2.05) is 6.92 Å². The summed E-state index contributed by atoms with van der Waals surface area (Å²) in [4.78, 5) is 4.53. The monoisotopic (exact) mass is 413 g/mol. The summed E-state index contributed by atoms with van der Waals surface area (Å²) >= 11 is 0. The summed E-state index contributed by atoms with van der Waals surface area (Å²) in [5.41, 5.74) is 2.08. The molecule has 0 radical (unpaired) electrons. The molecule has 1 fully saturated rings. The van der Waals surface area contributed by atoms with Gasteiger partial charge in [0, 0.05) is 17.2 Å². The lowest BCUT2D eigenvalue weighted by atomic mass is 10.1. The van der Waals surface area contributed by atoms with Gasteiger partial charge in [-0.15, -0.1) is 0 Å². The fourth-order valence-corrected chi connectivity index (χ4v) is 2.82. The van der Waals surface area contributed by atoms with E-state index < -0.39 is 12.8 Å². The zero-order chi connectivity index (χ0) is 20.9. The van der Waals surface area contributed by atoms with E-state index in [9.17, 15) is 13.2 Å². The van der Waals surface area contributed by atoms with E-state index >= 15 is 0 Å². The average molecular weight is 413 g/mol. The smallest absolute Gasteiger partial charge is 0.422 e. The third kappa shape index (κ3) is 5.98. The second kappa shape index (κ2) is 9.32. The predicted molar refractivity (Wildman–Crippen MR) is 98.6 cm³/mol. The van der Waals surface area contributed by atoms with Crippen molar-refractivity contribution in [2.24, 2.45) is 0 Å². The first kappa shape index (κ1) is 21.2. The molecule has 2 heterocycles. The molecule has 1 aliphatic heterocycles. The molecule has 0 spiro atoms. The Hall–Kier alpha value is -2.52. The molecule has 0 saturated carbocycles. The number of benzene rings is 1. The summed E-state index contributed by atoms with van der Waals surface area (Å²) in [5, 5.41) is 0. The minimum atomic E-state index is -4.39. The van der Waals surface area contributed by atoms with E-state index in [0.29, 0.717) is 42.7 Å². The molecule has 3 rings (SSSR count). The molecule has 1 aromatic carbocycles. The first-order chi connectivity index (χ1) is 13.9. The van der Waals surface area contributed by atoms with E-state index in [2.05, 4.69) is 4.98 Å². The van der Waals surface area contributed by atoms with Crippen molar-refractivity contribution in [3.63, 3.8) is 0 Å². The molecule has 1 aromatic heterocycles. The van der Waals surface area contributed by atoms with Crippen LogP contribution in [0.3, 0.4) is 0 Å². The van der Waals surface area contributed by atoms with Gasteiger partial charge in [-0.1, -0.05) is 0 Å². The van der Waals surface area contributed by atoms with Gasteiger partial charge in [0.05, 0.1) is 32.6 Å². The Kier molecular flexibility index (Phi) is 6.81. The second-order valence-corrected chi connectivity index (χ2v) is 6.44. The maximum atomic E-state index is 12.3. The first-order valence-electron chi connectivity index (χ1n) is 9.03. The summed E-state index contributed by atoms with van der Waals surface area (Å²) < 4.78 is 63.7. The van der Waals surface area contributed by atoms with Crippen LogP contribution < -0.4 is 14.2 Å². The lowest BCUT2D eigenvalue weighted by Crippen LogP contribution is -2.33. The van der Waals surface area contributed by atoms with Gasteiger partial charge < -0.3 is 23.7 Å². The van der Waals surface area contributed by atoms with E-state index in [4.69, 9.17) is 23.7 Å². The van der Waals surface area contributed by atoms with Gasteiger partial charge in [-0.05, 0) is 31.2 Å². The highest BCUT2D eigenvalue weighted by molar-refractivity contribution is 5.67.